The number of anilines is 1. The predicted octanol–water partition coefficient (Wildman–Crippen LogP) is 2.62. The number of piperidine rings is 1. The number of hydrogen-bond acceptors (Lipinski definition) is 7. The summed E-state index contributed by atoms with van der Waals surface area (Å²) in [5.41, 5.74) is 0.484. The minimum Gasteiger partial charge on any atom is -0.455 e. The Kier molecular flexibility index (Phi) is 2.71. The van der Waals surface area contributed by atoms with Gasteiger partial charge in [-0.05, 0) is 38.5 Å². The molecule has 4 fully saturated rings. The van der Waals surface area contributed by atoms with Gasteiger partial charge in [-0.1, -0.05) is 0 Å². The van der Waals surface area contributed by atoms with Gasteiger partial charge in [0.15, 0.2) is 5.69 Å². The Morgan fingerprint density at radius 1 is 1.29 bits per heavy atom. The molecule has 4 aliphatic rings. The minimum atomic E-state index is -0.527. The number of esters is 1. The summed E-state index contributed by atoms with van der Waals surface area (Å²) in [7, 11) is 0. The van der Waals surface area contributed by atoms with Gasteiger partial charge < -0.3 is 9.64 Å². The van der Waals surface area contributed by atoms with Crippen LogP contribution in [0.2, 0.25) is 0 Å². The molecule has 0 amide bonds. The molecule has 2 saturated carbocycles. The molecule has 2 atom stereocenters. The van der Waals surface area contributed by atoms with E-state index in [1.807, 2.05) is 27.0 Å². The number of ether oxygens (including phenoxy) is 1. The molecular formula is C17H18N4O2S. The summed E-state index contributed by atoms with van der Waals surface area (Å²) in [6.07, 6.45) is 3.57. The van der Waals surface area contributed by atoms with E-state index in [9.17, 15) is 4.79 Å². The molecule has 2 aliphatic carbocycles. The first-order valence-corrected chi connectivity index (χ1v) is 9.08. The number of thiazole rings is 1. The third-order valence-electron chi connectivity index (χ3n) is 4.97. The van der Waals surface area contributed by atoms with Crippen LogP contribution in [-0.2, 0) is 4.74 Å². The van der Waals surface area contributed by atoms with Crippen LogP contribution in [0.25, 0.3) is 10.7 Å². The van der Waals surface area contributed by atoms with Gasteiger partial charge in [0.2, 0.25) is 0 Å². The Morgan fingerprint density at radius 3 is 2.67 bits per heavy atom. The van der Waals surface area contributed by atoms with E-state index in [2.05, 4.69) is 19.9 Å². The van der Waals surface area contributed by atoms with Crippen molar-refractivity contribution < 1.29 is 9.53 Å². The van der Waals surface area contributed by atoms with Crippen molar-refractivity contribution in [1.82, 2.24) is 15.0 Å². The average Bonchev–Trinajstić information content (AvgIpc) is 3.19. The lowest BCUT2D eigenvalue weighted by atomic mass is 10.2. The van der Waals surface area contributed by atoms with E-state index >= 15 is 0 Å². The molecule has 2 unspecified atom stereocenters. The lowest BCUT2D eigenvalue weighted by Crippen LogP contribution is -2.24. The molecule has 2 aromatic heterocycles. The quantitative estimate of drug-likeness (QED) is 0.799. The lowest BCUT2D eigenvalue weighted by Gasteiger charge is -2.18. The van der Waals surface area contributed by atoms with Crippen molar-refractivity contribution in [3.8, 4) is 10.7 Å². The van der Waals surface area contributed by atoms with Crippen molar-refractivity contribution in [2.75, 3.05) is 11.4 Å². The van der Waals surface area contributed by atoms with Crippen LogP contribution in [0.4, 0.5) is 5.82 Å². The number of nitrogens with zero attached hydrogens (tertiary/aromatic N) is 4. The van der Waals surface area contributed by atoms with Crippen LogP contribution in [0.15, 0.2) is 17.8 Å². The molecule has 0 aromatic carbocycles. The zero-order chi connectivity index (χ0) is 16.6. The van der Waals surface area contributed by atoms with E-state index in [0.717, 1.165) is 36.2 Å². The van der Waals surface area contributed by atoms with Crippen LogP contribution in [-0.4, -0.2) is 39.1 Å². The van der Waals surface area contributed by atoms with Crippen LogP contribution < -0.4 is 4.90 Å². The van der Waals surface area contributed by atoms with Crippen LogP contribution in [0.1, 0.15) is 31.3 Å². The van der Waals surface area contributed by atoms with E-state index < -0.39 is 11.6 Å². The van der Waals surface area contributed by atoms with E-state index in [4.69, 9.17) is 4.74 Å². The molecule has 2 bridgehead atoms. The fraction of sp³-hybridized carbons (Fsp3) is 0.529. The molecule has 24 heavy (non-hydrogen) atoms. The van der Waals surface area contributed by atoms with Crippen LogP contribution in [0.5, 0.6) is 0 Å². The standard InChI is InChI=1S/C17H18N4O2S/c1-17(2,3)23-16(22)10-7-24-15(20-10)9-4-19-11(5-18-9)21-6-8-12-13(8)14(12)21/h4-5,7-8,12-14H,6H2,1-3H3. The number of carbonyl (C=O) groups is 1. The topological polar surface area (TPSA) is 68.2 Å². The Hall–Kier alpha value is -2.02. The highest BCUT2D eigenvalue weighted by Crippen LogP contribution is 2.75. The molecule has 4 heterocycles. The summed E-state index contributed by atoms with van der Waals surface area (Å²) in [6.45, 7) is 6.65. The largest absolute Gasteiger partial charge is 0.455 e. The second-order valence-corrected chi connectivity index (χ2v) is 8.62. The number of fused-ring (bicyclic) bond motifs is 1. The zero-order valence-corrected chi connectivity index (χ0v) is 14.6. The molecule has 7 heteroatoms. The molecule has 6 nitrogen and oxygen atoms in total. The summed E-state index contributed by atoms with van der Waals surface area (Å²) < 4.78 is 5.34. The molecule has 0 N–H and O–H groups in total. The van der Waals surface area contributed by atoms with Gasteiger partial charge in [-0.3, -0.25) is 0 Å². The van der Waals surface area contributed by atoms with E-state index in [1.54, 1.807) is 11.6 Å². The van der Waals surface area contributed by atoms with Gasteiger partial charge >= 0.3 is 5.97 Å². The summed E-state index contributed by atoms with van der Waals surface area (Å²) in [5, 5.41) is 2.39. The second kappa shape index (κ2) is 4.53. The molecule has 124 valence electrons. The lowest BCUT2D eigenvalue weighted by molar-refractivity contribution is 0.00638. The van der Waals surface area contributed by atoms with Crippen molar-refractivity contribution in [2.24, 2.45) is 17.8 Å². The maximum absolute atomic E-state index is 12.1. The Morgan fingerprint density at radius 2 is 2.08 bits per heavy atom. The van der Waals surface area contributed by atoms with Gasteiger partial charge in [-0.15, -0.1) is 11.3 Å². The maximum Gasteiger partial charge on any atom is 0.358 e. The monoisotopic (exact) mass is 342 g/mol. The van der Waals surface area contributed by atoms with E-state index in [0.29, 0.717) is 16.4 Å². The van der Waals surface area contributed by atoms with Crippen molar-refractivity contribution in [2.45, 2.75) is 32.4 Å². The van der Waals surface area contributed by atoms with Crippen molar-refractivity contribution >= 4 is 23.1 Å². The van der Waals surface area contributed by atoms with Gasteiger partial charge in [0.25, 0.3) is 0 Å². The van der Waals surface area contributed by atoms with Gasteiger partial charge in [0, 0.05) is 18.0 Å². The predicted molar refractivity (Wildman–Crippen MR) is 89.9 cm³/mol. The highest BCUT2D eigenvalue weighted by Gasteiger charge is 2.80. The third-order valence-corrected chi connectivity index (χ3v) is 5.84. The second-order valence-electron chi connectivity index (χ2n) is 7.76. The smallest absolute Gasteiger partial charge is 0.358 e. The number of hydrogen-bond donors (Lipinski definition) is 0. The highest BCUT2D eigenvalue weighted by molar-refractivity contribution is 7.13. The SMILES string of the molecule is CC(C)(C)OC(=O)c1csc(-c2cnc(N3CC4C5C4C53)cn2)n1. The molecule has 6 rings (SSSR count). The van der Waals surface area contributed by atoms with Crippen molar-refractivity contribution in [3.05, 3.63) is 23.5 Å². The van der Waals surface area contributed by atoms with Gasteiger partial charge in [-0.25, -0.2) is 19.7 Å². The van der Waals surface area contributed by atoms with Gasteiger partial charge in [0.1, 0.15) is 22.1 Å². The molecule has 0 radical (unpaired) electrons. The van der Waals surface area contributed by atoms with Crippen LogP contribution in [0.3, 0.4) is 0 Å². The van der Waals surface area contributed by atoms with Crippen molar-refractivity contribution in [1.29, 1.82) is 0 Å². The average molecular weight is 342 g/mol. The van der Waals surface area contributed by atoms with Crippen molar-refractivity contribution in [3.63, 3.8) is 0 Å². The summed E-state index contributed by atoms with van der Waals surface area (Å²) in [6, 6.07) is 0.730. The van der Waals surface area contributed by atoms with Gasteiger partial charge in [0.05, 0.1) is 12.4 Å². The first kappa shape index (κ1) is 14.3. The third kappa shape index (κ3) is 2.14. The maximum atomic E-state index is 12.1. The van der Waals surface area contributed by atoms with E-state index in [1.165, 1.54) is 11.3 Å². The molecule has 2 aliphatic heterocycles. The summed E-state index contributed by atoms with van der Waals surface area (Å²) in [5.74, 6) is 3.37. The molecule has 0 spiro atoms. The van der Waals surface area contributed by atoms with E-state index in [-0.39, 0.29) is 0 Å². The summed E-state index contributed by atoms with van der Waals surface area (Å²) in [4.78, 5) is 27.8. The fourth-order valence-corrected chi connectivity index (χ4v) is 4.53. The molecular weight excluding hydrogens is 324 g/mol. The molecule has 2 saturated heterocycles. The normalized spacial score (nSPS) is 29.4. The Balaban J connectivity index is 1.32. The zero-order valence-electron chi connectivity index (χ0n) is 13.8. The Bertz CT molecular complexity index is 809. The molecule has 2 aromatic rings. The summed E-state index contributed by atoms with van der Waals surface area (Å²) >= 11 is 1.38. The van der Waals surface area contributed by atoms with Crippen LogP contribution in [0, 0.1) is 17.8 Å². The number of aromatic nitrogens is 3. The minimum absolute atomic E-state index is 0.319. The van der Waals surface area contributed by atoms with Crippen LogP contribution >= 0.6 is 11.3 Å². The number of rotatable bonds is 3. The fourth-order valence-electron chi connectivity index (χ4n) is 3.78. The van der Waals surface area contributed by atoms with Gasteiger partial charge in [-0.2, -0.15) is 0 Å². The first-order chi connectivity index (χ1) is 11.4. The first-order valence-electron chi connectivity index (χ1n) is 8.20. The number of carbonyl (C=O) groups excluding carboxylic acids is 1. The Labute approximate surface area is 143 Å². The highest BCUT2D eigenvalue weighted by atomic mass is 32.1.